The molecule has 0 aliphatic rings. The van der Waals surface area contributed by atoms with Gasteiger partial charge in [0, 0.05) is 24.8 Å². The van der Waals surface area contributed by atoms with Gasteiger partial charge in [-0.3, -0.25) is 4.79 Å². The molecule has 0 radical (unpaired) electrons. The van der Waals surface area contributed by atoms with E-state index in [0.29, 0.717) is 0 Å². The van der Waals surface area contributed by atoms with Crippen molar-refractivity contribution in [2.24, 2.45) is 5.92 Å². The Kier molecular flexibility index (Phi) is 5.30. The predicted molar refractivity (Wildman–Crippen MR) is 76.5 cm³/mol. The van der Waals surface area contributed by atoms with Gasteiger partial charge in [0.1, 0.15) is 5.82 Å². The van der Waals surface area contributed by atoms with Crippen LogP contribution in [-0.2, 0) is 19.6 Å². The van der Waals surface area contributed by atoms with Crippen molar-refractivity contribution in [3.05, 3.63) is 23.5 Å². The first-order valence-corrected chi connectivity index (χ1v) is 7.65. The monoisotopic (exact) mass is 318 g/mol. The van der Waals surface area contributed by atoms with E-state index in [9.17, 15) is 17.6 Å². The van der Waals surface area contributed by atoms with Gasteiger partial charge < -0.3 is 10.5 Å². The highest BCUT2D eigenvalue weighted by atomic mass is 32.2. The van der Waals surface area contributed by atoms with Gasteiger partial charge in [0.2, 0.25) is 10.0 Å². The van der Waals surface area contributed by atoms with E-state index in [4.69, 9.17) is 5.73 Å². The molecule has 6 nitrogen and oxygen atoms in total. The van der Waals surface area contributed by atoms with Crippen LogP contribution in [0.4, 0.5) is 10.1 Å². The summed E-state index contributed by atoms with van der Waals surface area (Å²) in [6.07, 6.45) is 0. The van der Waals surface area contributed by atoms with Crippen LogP contribution in [0.1, 0.15) is 12.5 Å². The van der Waals surface area contributed by atoms with Crippen molar-refractivity contribution < 1.29 is 22.3 Å². The van der Waals surface area contributed by atoms with E-state index < -0.39 is 27.7 Å². The molecule has 0 aromatic heterocycles. The fourth-order valence-corrected chi connectivity index (χ4v) is 3.07. The van der Waals surface area contributed by atoms with Gasteiger partial charge in [0.15, 0.2) is 0 Å². The molecule has 0 heterocycles. The molecule has 0 amide bonds. The summed E-state index contributed by atoms with van der Waals surface area (Å²) in [6.45, 7) is 2.93. The summed E-state index contributed by atoms with van der Waals surface area (Å²) in [5.74, 6) is -1.85. The Bertz CT molecular complexity index is 623. The molecule has 1 aromatic rings. The Morgan fingerprint density at radius 2 is 2.05 bits per heavy atom. The van der Waals surface area contributed by atoms with Gasteiger partial charge in [-0.1, -0.05) is 6.92 Å². The summed E-state index contributed by atoms with van der Waals surface area (Å²) in [4.78, 5) is 11.1. The Balaban J connectivity index is 3.08. The van der Waals surface area contributed by atoms with Crippen molar-refractivity contribution in [1.29, 1.82) is 0 Å². The third kappa shape index (κ3) is 3.70. The minimum atomic E-state index is -3.93. The van der Waals surface area contributed by atoms with Crippen molar-refractivity contribution in [3.63, 3.8) is 0 Å². The molecule has 1 aromatic carbocycles. The molecular formula is C13H19FN2O4S. The maximum atomic E-state index is 13.6. The number of esters is 1. The van der Waals surface area contributed by atoms with Crippen LogP contribution in [0.2, 0.25) is 0 Å². The molecule has 1 atom stereocenters. The smallest absolute Gasteiger partial charge is 0.309 e. The van der Waals surface area contributed by atoms with Crippen LogP contribution in [-0.4, -0.2) is 39.4 Å². The highest BCUT2D eigenvalue weighted by molar-refractivity contribution is 7.89. The van der Waals surface area contributed by atoms with E-state index in [1.165, 1.54) is 27.1 Å². The lowest BCUT2D eigenvalue weighted by atomic mass is 10.2. The van der Waals surface area contributed by atoms with E-state index in [1.54, 1.807) is 6.92 Å². The Hall–Kier alpha value is -1.67. The summed E-state index contributed by atoms with van der Waals surface area (Å²) in [5.41, 5.74) is 5.84. The second-order valence-corrected chi connectivity index (χ2v) is 6.87. The first kappa shape index (κ1) is 17.4. The maximum absolute atomic E-state index is 13.6. The van der Waals surface area contributed by atoms with E-state index in [-0.39, 0.29) is 22.7 Å². The van der Waals surface area contributed by atoms with E-state index in [2.05, 4.69) is 4.74 Å². The van der Waals surface area contributed by atoms with Crippen LogP contribution >= 0.6 is 0 Å². The van der Waals surface area contributed by atoms with Gasteiger partial charge in [-0.15, -0.1) is 0 Å². The fourth-order valence-electron chi connectivity index (χ4n) is 1.76. The molecule has 8 heteroatoms. The number of ether oxygens (including phenoxy) is 1. The number of nitrogen functional groups attached to an aromatic ring is 1. The number of anilines is 1. The number of methoxy groups -OCH3 is 1. The molecule has 0 fully saturated rings. The number of carbonyl (C=O) groups is 1. The summed E-state index contributed by atoms with van der Waals surface area (Å²) in [5, 5.41) is 0. The number of sulfonamides is 1. The molecular weight excluding hydrogens is 299 g/mol. The second-order valence-electron chi connectivity index (χ2n) is 4.83. The van der Waals surface area contributed by atoms with Crippen molar-refractivity contribution >= 4 is 21.7 Å². The number of halogens is 1. The molecule has 118 valence electrons. The summed E-state index contributed by atoms with van der Waals surface area (Å²) >= 11 is 0. The number of benzene rings is 1. The predicted octanol–water partition coefficient (Wildman–Crippen LogP) is 1.15. The van der Waals surface area contributed by atoms with E-state index in [1.807, 2.05) is 0 Å². The molecule has 0 aliphatic carbocycles. The van der Waals surface area contributed by atoms with Gasteiger partial charge in [-0.2, -0.15) is 0 Å². The van der Waals surface area contributed by atoms with Gasteiger partial charge in [0.05, 0.1) is 17.9 Å². The summed E-state index contributed by atoms with van der Waals surface area (Å²) in [6, 6.07) is 2.12. The molecule has 0 spiro atoms. The fraction of sp³-hybridized carbons (Fsp3) is 0.462. The van der Waals surface area contributed by atoms with E-state index in [0.717, 1.165) is 10.4 Å². The number of nitrogens with zero attached hydrogens (tertiary/aromatic N) is 1. The lowest BCUT2D eigenvalue weighted by molar-refractivity contribution is -0.144. The zero-order chi connectivity index (χ0) is 16.4. The van der Waals surface area contributed by atoms with Crippen LogP contribution in [0.5, 0.6) is 0 Å². The largest absolute Gasteiger partial charge is 0.469 e. The molecule has 0 bridgehead atoms. The molecule has 1 rings (SSSR count). The van der Waals surface area contributed by atoms with Gasteiger partial charge in [0.25, 0.3) is 0 Å². The Morgan fingerprint density at radius 1 is 1.48 bits per heavy atom. The average Bonchev–Trinajstić information content (AvgIpc) is 2.42. The highest BCUT2D eigenvalue weighted by Gasteiger charge is 2.26. The SMILES string of the molecule is COC(=O)C(C)CN(C)S(=O)(=O)c1cc(N)c(C)c(F)c1. The van der Waals surface area contributed by atoms with Gasteiger partial charge in [-0.05, 0) is 19.1 Å². The molecule has 0 aliphatic heterocycles. The maximum Gasteiger partial charge on any atom is 0.309 e. The van der Waals surface area contributed by atoms with Crippen LogP contribution in [0, 0.1) is 18.7 Å². The highest BCUT2D eigenvalue weighted by Crippen LogP contribution is 2.23. The standard InChI is InChI=1S/C13H19FN2O4S/c1-8(13(17)20-4)7-16(3)21(18,19)10-5-11(14)9(2)12(15)6-10/h5-6,8H,7,15H2,1-4H3. The summed E-state index contributed by atoms with van der Waals surface area (Å²) < 4.78 is 43.8. The van der Waals surface area contributed by atoms with Gasteiger partial charge >= 0.3 is 5.97 Å². The number of hydrogen-bond donors (Lipinski definition) is 1. The van der Waals surface area contributed by atoms with Gasteiger partial charge in [-0.25, -0.2) is 17.1 Å². The first-order chi connectivity index (χ1) is 9.61. The Labute approximate surface area is 123 Å². The molecule has 0 saturated heterocycles. The number of rotatable bonds is 5. The van der Waals surface area contributed by atoms with Crippen LogP contribution in [0.25, 0.3) is 0 Å². The normalized spacial score (nSPS) is 13.2. The number of nitrogens with two attached hydrogens (primary N) is 1. The lowest BCUT2D eigenvalue weighted by Gasteiger charge is -2.20. The van der Waals surface area contributed by atoms with Crippen LogP contribution in [0.3, 0.4) is 0 Å². The molecule has 21 heavy (non-hydrogen) atoms. The van der Waals surface area contributed by atoms with Crippen LogP contribution < -0.4 is 5.73 Å². The average molecular weight is 318 g/mol. The zero-order valence-electron chi connectivity index (χ0n) is 12.4. The van der Waals surface area contributed by atoms with Crippen molar-refractivity contribution in [2.75, 3.05) is 26.4 Å². The van der Waals surface area contributed by atoms with Crippen molar-refractivity contribution in [3.8, 4) is 0 Å². The van der Waals surface area contributed by atoms with Crippen LogP contribution in [0.15, 0.2) is 17.0 Å². The zero-order valence-corrected chi connectivity index (χ0v) is 13.2. The summed E-state index contributed by atoms with van der Waals surface area (Å²) in [7, 11) is -1.40. The van der Waals surface area contributed by atoms with Crippen molar-refractivity contribution in [2.45, 2.75) is 18.7 Å². The third-order valence-corrected chi connectivity index (χ3v) is 5.00. The number of carbonyl (C=O) groups excluding carboxylic acids is 1. The second kappa shape index (κ2) is 6.40. The molecule has 1 unspecified atom stereocenters. The van der Waals surface area contributed by atoms with E-state index >= 15 is 0 Å². The lowest BCUT2D eigenvalue weighted by Crippen LogP contribution is -2.34. The first-order valence-electron chi connectivity index (χ1n) is 6.21. The quantitative estimate of drug-likeness (QED) is 0.649. The topological polar surface area (TPSA) is 89.7 Å². The van der Waals surface area contributed by atoms with Crippen molar-refractivity contribution in [1.82, 2.24) is 4.31 Å². The molecule has 0 saturated carbocycles. The molecule has 2 N–H and O–H groups in total. The third-order valence-electron chi connectivity index (χ3n) is 3.20. The minimum Gasteiger partial charge on any atom is -0.469 e. The Morgan fingerprint density at radius 3 is 2.52 bits per heavy atom. The number of hydrogen-bond acceptors (Lipinski definition) is 5. The minimum absolute atomic E-state index is 0.0583.